The first kappa shape index (κ1) is 13.7. The van der Waals surface area contributed by atoms with Crippen LogP contribution in [0.2, 0.25) is 0 Å². The maximum Gasteiger partial charge on any atom is 0.0781 e. The van der Waals surface area contributed by atoms with Crippen LogP contribution < -0.4 is 10.2 Å². The van der Waals surface area contributed by atoms with Gasteiger partial charge in [-0.15, -0.1) is 0 Å². The molecule has 1 fully saturated rings. The number of piperazine rings is 1. The van der Waals surface area contributed by atoms with Crippen molar-refractivity contribution in [3.8, 4) is 0 Å². The van der Waals surface area contributed by atoms with Gasteiger partial charge >= 0.3 is 0 Å². The van der Waals surface area contributed by atoms with Crippen molar-refractivity contribution >= 4 is 28.4 Å². The molecule has 4 rings (SSSR count). The van der Waals surface area contributed by atoms with E-state index in [9.17, 15) is 0 Å². The molecule has 3 aromatic rings. The lowest BCUT2D eigenvalue weighted by atomic mass is 10.2. The Bertz CT molecular complexity index is 760. The lowest BCUT2D eigenvalue weighted by molar-refractivity contribution is 0.590. The molecule has 1 saturated heterocycles. The molecule has 0 spiro atoms. The SMILES string of the molecule is c1ccc(Sc2cc3cccc(N4CCNCC4)c3[nH]2)cc1. The largest absolute Gasteiger partial charge is 0.367 e. The topological polar surface area (TPSA) is 31.1 Å². The van der Waals surface area contributed by atoms with Crippen molar-refractivity contribution in [1.29, 1.82) is 0 Å². The molecule has 1 aliphatic rings. The van der Waals surface area contributed by atoms with Crippen molar-refractivity contribution in [2.45, 2.75) is 9.92 Å². The minimum absolute atomic E-state index is 1.06. The third kappa shape index (κ3) is 2.72. The number of para-hydroxylation sites is 1. The number of aromatic amines is 1. The lowest BCUT2D eigenvalue weighted by Gasteiger charge is -2.29. The van der Waals surface area contributed by atoms with Crippen LogP contribution in [-0.4, -0.2) is 31.2 Å². The van der Waals surface area contributed by atoms with Gasteiger partial charge in [0, 0.05) is 36.5 Å². The van der Waals surface area contributed by atoms with Crippen LogP contribution in [-0.2, 0) is 0 Å². The Morgan fingerprint density at radius 1 is 0.909 bits per heavy atom. The predicted molar refractivity (Wildman–Crippen MR) is 93.9 cm³/mol. The molecule has 22 heavy (non-hydrogen) atoms. The molecule has 0 radical (unpaired) electrons. The van der Waals surface area contributed by atoms with E-state index in [4.69, 9.17) is 0 Å². The highest BCUT2D eigenvalue weighted by Crippen LogP contribution is 2.33. The van der Waals surface area contributed by atoms with Gasteiger partial charge in [0.1, 0.15) is 0 Å². The average molecular weight is 309 g/mol. The van der Waals surface area contributed by atoms with E-state index in [-0.39, 0.29) is 0 Å². The second-order valence-electron chi connectivity index (χ2n) is 5.53. The molecular weight excluding hydrogens is 290 g/mol. The summed E-state index contributed by atoms with van der Waals surface area (Å²) in [4.78, 5) is 7.34. The third-order valence-electron chi connectivity index (χ3n) is 4.04. The second kappa shape index (κ2) is 6.07. The highest BCUT2D eigenvalue weighted by molar-refractivity contribution is 7.99. The molecule has 0 saturated carbocycles. The van der Waals surface area contributed by atoms with E-state index in [2.05, 4.69) is 69.8 Å². The summed E-state index contributed by atoms with van der Waals surface area (Å²) in [6.45, 7) is 4.25. The molecule has 0 unspecified atom stereocenters. The summed E-state index contributed by atoms with van der Waals surface area (Å²) in [5.41, 5.74) is 2.57. The van der Waals surface area contributed by atoms with Gasteiger partial charge in [0.25, 0.3) is 0 Å². The monoisotopic (exact) mass is 309 g/mol. The van der Waals surface area contributed by atoms with E-state index in [0.29, 0.717) is 0 Å². The molecule has 112 valence electrons. The Balaban J connectivity index is 1.68. The van der Waals surface area contributed by atoms with Crippen LogP contribution in [0.5, 0.6) is 0 Å². The number of H-pyrrole nitrogens is 1. The van der Waals surface area contributed by atoms with Crippen molar-refractivity contribution in [2.24, 2.45) is 0 Å². The van der Waals surface area contributed by atoms with Gasteiger partial charge in [-0.05, 0) is 24.3 Å². The normalized spacial score (nSPS) is 15.4. The summed E-state index contributed by atoms with van der Waals surface area (Å²) in [5.74, 6) is 0. The molecule has 4 heteroatoms. The van der Waals surface area contributed by atoms with Crippen LogP contribution in [0.1, 0.15) is 0 Å². The number of hydrogen-bond acceptors (Lipinski definition) is 3. The maximum absolute atomic E-state index is 3.61. The van der Waals surface area contributed by atoms with Crippen molar-refractivity contribution in [1.82, 2.24) is 10.3 Å². The van der Waals surface area contributed by atoms with Crippen molar-refractivity contribution < 1.29 is 0 Å². The van der Waals surface area contributed by atoms with Gasteiger partial charge in [0.15, 0.2) is 0 Å². The molecule has 1 aliphatic heterocycles. The van der Waals surface area contributed by atoms with E-state index in [1.165, 1.54) is 26.5 Å². The molecule has 2 N–H and O–H groups in total. The van der Waals surface area contributed by atoms with E-state index in [1.54, 1.807) is 11.8 Å². The van der Waals surface area contributed by atoms with E-state index in [0.717, 1.165) is 26.2 Å². The molecule has 0 aliphatic carbocycles. The number of anilines is 1. The summed E-state index contributed by atoms with van der Waals surface area (Å²) < 4.78 is 0. The van der Waals surface area contributed by atoms with Crippen molar-refractivity contribution in [3.05, 3.63) is 54.6 Å². The lowest BCUT2D eigenvalue weighted by Crippen LogP contribution is -2.43. The van der Waals surface area contributed by atoms with Crippen molar-refractivity contribution in [2.75, 3.05) is 31.1 Å². The number of fused-ring (bicyclic) bond motifs is 1. The van der Waals surface area contributed by atoms with Gasteiger partial charge < -0.3 is 15.2 Å². The first-order valence-corrected chi connectivity index (χ1v) is 8.52. The summed E-state index contributed by atoms with van der Waals surface area (Å²) in [6, 6.07) is 19.3. The van der Waals surface area contributed by atoms with Gasteiger partial charge in [0.2, 0.25) is 0 Å². The number of benzene rings is 2. The zero-order chi connectivity index (χ0) is 14.8. The number of nitrogens with zero attached hydrogens (tertiary/aromatic N) is 1. The van der Waals surface area contributed by atoms with Crippen LogP contribution in [0, 0.1) is 0 Å². The fourth-order valence-corrected chi connectivity index (χ4v) is 3.84. The van der Waals surface area contributed by atoms with E-state index < -0.39 is 0 Å². The summed E-state index contributed by atoms with van der Waals surface area (Å²) >= 11 is 1.78. The molecule has 0 amide bonds. The first-order chi connectivity index (χ1) is 10.9. The fraction of sp³-hybridized carbons (Fsp3) is 0.222. The second-order valence-corrected chi connectivity index (χ2v) is 6.64. The molecule has 2 heterocycles. The highest BCUT2D eigenvalue weighted by Gasteiger charge is 2.14. The Morgan fingerprint density at radius 3 is 2.55 bits per heavy atom. The number of rotatable bonds is 3. The predicted octanol–water partition coefficient (Wildman–Crippen LogP) is 3.73. The zero-order valence-electron chi connectivity index (χ0n) is 12.4. The molecule has 1 aromatic heterocycles. The number of aromatic nitrogens is 1. The Kier molecular flexibility index (Phi) is 3.79. The molecule has 3 nitrogen and oxygen atoms in total. The summed E-state index contributed by atoms with van der Waals surface area (Å²) in [6.07, 6.45) is 0. The van der Waals surface area contributed by atoms with E-state index >= 15 is 0 Å². The fourth-order valence-electron chi connectivity index (χ4n) is 2.95. The van der Waals surface area contributed by atoms with Crippen molar-refractivity contribution in [3.63, 3.8) is 0 Å². The Morgan fingerprint density at radius 2 is 1.73 bits per heavy atom. The van der Waals surface area contributed by atoms with Crippen LogP contribution in [0.15, 0.2) is 64.5 Å². The number of nitrogens with one attached hydrogen (secondary N) is 2. The summed E-state index contributed by atoms with van der Waals surface area (Å²) in [7, 11) is 0. The Hall–Kier alpha value is -1.91. The van der Waals surface area contributed by atoms with Crippen LogP contribution in [0.25, 0.3) is 10.9 Å². The minimum atomic E-state index is 1.06. The smallest absolute Gasteiger partial charge is 0.0781 e. The minimum Gasteiger partial charge on any atom is -0.367 e. The molecule has 0 atom stereocenters. The molecule has 2 aromatic carbocycles. The molecular formula is C18H19N3S. The molecule has 0 bridgehead atoms. The third-order valence-corrected chi connectivity index (χ3v) is 4.99. The van der Waals surface area contributed by atoms with Gasteiger partial charge in [-0.25, -0.2) is 0 Å². The van der Waals surface area contributed by atoms with Gasteiger partial charge in [-0.1, -0.05) is 42.1 Å². The average Bonchev–Trinajstić information content (AvgIpc) is 2.99. The summed E-state index contributed by atoms with van der Waals surface area (Å²) in [5, 5.41) is 5.90. The Labute approximate surface area is 134 Å². The van der Waals surface area contributed by atoms with Crippen LogP contribution in [0.4, 0.5) is 5.69 Å². The van der Waals surface area contributed by atoms with E-state index in [1.807, 2.05) is 0 Å². The highest BCUT2D eigenvalue weighted by atomic mass is 32.2. The zero-order valence-corrected chi connectivity index (χ0v) is 13.2. The standard InChI is InChI=1S/C18H19N3S/c1-2-6-15(7-3-1)22-17-13-14-5-4-8-16(18(14)20-17)21-11-9-19-10-12-21/h1-8,13,19-20H,9-12H2. The first-order valence-electron chi connectivity index (χ1n) is 7.70. The van der Waals surface area contributed by atoms with Gasteiger partial charge in [-0.3, -0.25) is 0 Å². The number of hydrogen-bond donors (Lipinski definition) is 2. The van der Waals surface area contributed by atoms with Gasteiger partial charge in [-0.2, -0.15) is 0 Å². The van der Waals surface area contributed by atoms with Gasteiger partial charge in [0.05, 0.1) is 16.2 Å². The van der Waals surface area contributed by atoms with Crippen LogP contribution >= 0.6 is 11.8 Å². The quantitative estimate of drug-likeness (QED) is 0.773. The maximum atomic E-state index is 3.61. The van der Waals surface area contributed by atoms with Crippen LogP contribution in [0.3, 0.4) is 0 Å².